The maximum Gasteiger partial charge on any atom is 0.234 e. The Morgan fingerprint density at radius 1 is 1.00 bits per heavy atom. The molecule has 6 nitrogen and oxygen atoms in total. The van der Waals surface area contributed by atoms with Crippen molar-refractivity contribution in [2.75, 3.05) is 11.1 Å². The van der Waals surface area contributed by atoms with E-state index in [0.717, 1.165) is 4.47 Å². The van der Waals surface area contributed by atoms with Gasteiger partial charge in [-0.2, -0.15) is 0 Å². The smallest absolute Gasteiger partial charge is 0.234 e. The second-order valence-corrected chi connectivity index (χ2v) is 9.18. The van der Waals surface area contributed by atoms with Crippen LogP contribution in [0, 0.1) is 0 Å². The molecule has 0 aliphatic heterocycles. The first kappa shape index (κ1) is 19.5. The van der Waals surface area contributed by atoms with Crippen molar-refractivity contribution < 1.29 is 13.2 Å². The molecule has 1 aromatic heterocycles. The highest BCUT2D eigenvalue weighted by Gasteiger charge is 2.19. The first-order valence-corrected chi connectivity index (χ1v) is 11.0. The third kappa shape index (κ3) is 5.15. The Morgan fingerprint density at radius 3 is 2.44 bits per heavy atom. The predicted molar refractivity (Wildman–Crippen MR) is 107 cm³/mol. The summed E-state index contributed by atoms with van der Waals surface area (Å²) >= 11 is 4.52. The van der Waals surface area contributed by atoms with Gasteiger partial charge in [0.1, 0.15) is 5.03 Å². The molecule has 138 valence electrons. The summed E-state index contributed by atoms with van der Waals surface area (Å²) in [4.78, 5) is 12.2. The van der Waals surface area contributed by atoms with Crippen molar-refractivity contribution in [3.05, 3.63) is 71.2 Å². The van der Waals surface area contributed by atoms with E-state index in [1.807, 2.05) is 12.1 Å². The van der Waals surface area contributed by atoms with Crippen molar-refractivity contribution >= 4 is 49.1 Å². The van der Waals surface area contributed by atoms with Gasteiger partial charge in [0.2, 0.25) is 15.7 Å². The predicted octanol–water partition coefficient (Wildman–Crippen LogP) is 3.80. The van der Waals surface area contributed by atoms with Gasteiger partial charge in [0, 0.05) is 10.2 Å². The molecule has 2 aromatic carbocycles. The van der Waals surface area contributed by atoms with E-state index in [9.17, 15) is 13.2 Å². The van der Waals surface area contributed by atoms with E-state index in [1.54, 1.807) is 36.4 Å². The number of thioether (sulfide) groups is 1. The lowest BCUT2D eigenvalue weighted by Crippen LogP contribution is -2.14. The molecule has 0 spiro atoms. The zero-order valence-corrected chi connectivity index (χ0v) is 17.1. The number of amides is 1. The van der Waals surface area contributed by atoms with Crippen molar-refractivity contribution in [2.45, 2.75) is 14.9 Å². The molecule has 0 fully saturated rings. The summed E-state index contributed by atoms with van der Waals surface area (Å²) < 4.78 is 25.8. The number of nitrogens with one attached hydrogen (secondary N) is 1. The van der Waals surface area contributed by atoms with E-state index in [1.165, 1.54) is 30.0 Å². The summed E-state index contributed by atoms with van der Waals surface area (Å²) in [7, 11) is -3.70. The van der Waals surface area contributed by atoms with E-state index in [-0.39, 0.29) is 21.6 Å². The van der Waals surface area contributed by atoms with Gasteiger partial charge in [0.15, 0.2) is 5.03 Å². The van der Waals surface area contributed by atoms with Crippen LogP contribution in [0.15, 0.2) is 86.2 Å². The van der Waals surface area contributed by atoms with Gasteiger partial charge < -0.3 is 5.32 Å². The zero-order valence-electron chi connectivity index (χ0n) is 13.9. The van der Waals surface area contributed by atoms with Crippen LogP contribution in [-0.2, 0) is 14.6 Å². The highest BCUT2D eigenvalue weighted by molar-refractivity contribution is 9.10. The molecule has 0 saturated carbocycles. The minimum Gasteiger partial charge on any atom is -0.325 e. The standard InChI is InChI=1S/C18H14BrN3O3S2/c19-13-5-4-6-14(11-13)20-16(23)12-26-17-9-10-18(22-21-17)27(24,25)15-7-2-1-3-8-15/h1-11H,12H2,(H,20,23). The average Bonchev–Trinajstić information content (AvgIpc) is 2.67. The van der Waals surface area contributed by atoms with Crippen LogP contribution in [0.2, 0.25) is 0 Å². The molecular weight excluding hydrogens is 450 g/mol. The van der Waals surface area contributed by atoms with Gasteiger partial charge in [-0.15, -0.1) is 10.2 Å². The van der Waals surface area contributed by atoms with Crippen LogP contribution >= 0.6 is 27.7 Å². The molecule has 1 heterocycles. The van der Waals surface area contributed by atoms with Crippen LogP contribution in [0.3, 0.4) is 0 Å². The van der Waals surface area contributed by atoms with E-state index in [4.69, 9.17) is 0 Å². The van der Waals surface area contributed by atoms with E-state index >= 15 is 0 Å². The Bertz CT molecular complexity index is 1040. The van der Waals surface area contributed by atoms with Gasteiger partial charge >= 0.3 is 0 Å². The molecule has 9 heteroatoms. The Morgan fingerprint density at radius 2 is 1.78 bits per heavy atom. The van der Waals surface area contributed by atoms with Crippen molar-refractivity contribution in [1.82, 2.24) is 10.2 Å². The number of rotatable bonds is 6. The molecule has 3 aromatic rings. The molecule has 1 N–H and O–H groups in total. The zero-order chi connectivity index (χ0) is 19.3. The summed E-state index contributed by atoms with van der Waals surface area (Å²) in [5.74, 6) is -0.0627. The summed E-state index contributed by atoms with van der Waals surface area (Å²) in [5, 5.41) is 10.8. The number of carbonyl (C=O) groups is 1. The molecule has 1 amide bonds. The maximum absolute atomic E-state index is 12.5. The molecule has 0 aliphatic rings. The number of halogens is 1. The Balaban J connectivity index is 1.62. The number of carbonyl (C=O) groups excluding carboxylic acids is 1. The fraction of sp³-hybridized carbons (Fsp3) is 0.0556. The van der Waals surface area contributed by atoms with Crippen LogP contribution in [0.1, 0.15) is 0 Å². The molecule has 0 aliphatic carbocycles. The highest BCUT2D eigenvalue weighted by Crippen LogP contribution is 2.21. The second-order valence-electron chi connectivity index (χ2n) is 5.37. The van der Waals surface area contributed by atoms with Crippen molar-refractivity contribution in [2.24, 2.45) is 0 Å². The third-order valence-corrected chi connectivity index (χ3v) is 6.48. The second kappa shape index (κ2) is 8.64. The molecule has 0 saturated heterocycles. The first-order chi connectivity index (χ1) is 12.9. The first-order valence-electron chi connectivity index (χ1n) is 7.77. The molecule has 0 unspecified atom stereocenters. The molecule has 27 heavy (non-hydrogen) atoms. The molecule has 3 rings (SSSR count). The van der Waals surface area contributed by atoms with Crippen molar-refractivity contribution in [1.29, 1.82) is 0 Å². The molecule has 0 atom stereocenters. The number of nitrogens with zero attached hydrogens (tertiary/aromatic N) is 2. The van der Waals surface area contributed by atoms with E-state index in [2.05, 4.69) is 31.4 Å². The van der Waals surface area contributed by atoms with Crippen LogP contribution in [0.4, 0.5) is 5.69 Å². The number of anilines is 1. The Hall–Kier alpha value is -2.23. The SMILES string of the molecule is O=C(CSc1ccc(S(=O)(=O)c2ccccc2)nn1)Nc1cccc(Br)c1. The Kier molecular flexibility index (Phi) is 6.25. The Labute approximate surface area is 169 Å². The largest absolute Gasteiger partial charge is 0.325 e. The van der Waals surface area contributed by atoms with Gasteiger partial charge in [-0.05, 0) is 42.5 Å². The fourth-order valence-corrected chi connectivity index (χ4v) is 4.32. The molecule has 0 bridgehead atoms. The lowest BCUT2D eigenvalue weighted by atomic mass is 10.3. The van der Waals surface area contributed by atoms with E-state index < -0.39 is 9.84 Å². The van der Waals surface area contributed by atoms with Gasteiger partial charge in [-0.25, -0.2) is 8.42 Å². The van der Waals surface area contributed by atoms with Crippen LogP contribution in [-0.4, -0.2) is 30.3 Å². The molecular formula is C18H14BrN3O3S2. The number of aromatic nitrogens is 2. The topological polar surface area (TPSA) is 89.0 Å². The number of sulfone groups is 1. The van der Waals surface area contributed by atoms with Crippen LogP contribution in [0.25, 0.3) is 0 Å². The third-order valence-electron chi connectivity index (χ3n) is 3.40. The molecule has 0 radical (unpaired) electrons. The average molecular weight is 464 g/mol. The number of hydrogen-bond donors (Lipinski definition) is 1. The maximum atomic E-state index is 12.5. The summed E-state index contributed by atoms with van der Waals surface area (Å²) in [6.45, 7) is 0. The summed E-state index contributed by atoms with van der Waals surface area (Å²) in [6.07, 6.45) is 0. The highest BCUT2D eigenvalue weighted by atomic mass is 79.9. The summed E-state index contributed by atoms with van der Waals surface area (Å²) in [6, 6.07) is 18.3. The van der Waals surface area contributed by atoms with Gasteiger partial charge in [-0.1, -0.05) is 52.0 Å². The quantitative estimate of drug-likeness (QED) is 0.559. The van der Waals surface area contributed by atoms with E-state index in [0.29, 0.717) is 10.7 Å². The number of benzene rings is 2. The van der Waals surface area contributed by atoms with Gasteiger partial charge in [0.05, 0.1) is 10.6 Å². The lowest BCUT2D eigenvalue weighted by Gasteiger charge is -2.06. The minimum atomic E-state index is -3.70. The van der Waals surface area contributed by atoms with Gasteiger partial charge in [0.25, 0.3) is 0 Å². The number of hydrogen-bond acceptors (Lipinski definition) is 6. The minimum absolute atomic E-state index is 0.128. The van der Waals surface area contributed by atoms with Crippen LogP contribution in [0.5, 0.6) is 0 Å². The van der Waals surface area contributed by atoms with Crippen LogP contribution < -0.4 is 5.32 Å². The van der Waals surface area contributed by atoms with Gasteiger partial charge in [-0.3, -0.25) is 4.79 Å². The normalized spacial score (nSPS) is 11.1. The monoisotopic (exact) mass is 463 g/mol. The van der Waals surface area contributed by atoms with Crippen molar-refractivity contribution in [3.8, 4) is 0 Å². The van der Waals surface area contributed by atoms with Crippen molar-refractivity contribution in [3.63, 3.8) is 0 Å². The summed E-state index contributed by atoms with van der Waals surface area (Å²) in [5.41, 5.74) is 0.686. The lowest BCUT2D eigenvalue weighted by molar-refractivity contribution is -0.113. The fourth-order valence-electron chi connectivity index (χ4n) is 2.15.